The third kappa shape index (κ3) is 4.37. The summed E-state index contributed by atoms with van der Waals surface area (Å²) in [4.78, 5) is 39.3. The molecule has 1 aliphatic heterocycles. The fraction of sp³-hybridized carbons (Fsp3) is 0.286. The number of nitrogens with one attached hydrogen (secondary N) is 3. The van der Waals surface area contributed by atoms with Crippen LogP contribution >= 0.6 is 0 Å². The lowest BCUT2D eigenvalue weighted by Gasteiger charge is -2.29. The van der Waals surface area contributed by atoms with Gasteiger partial charge in [-0.15, -0.1) is 0 Å². The first-order valence-corrected chi connectivity index (χ1v) is 9.21. The molecule has 1 heterocycles. The molecular weight excluding hydrogens is 356 g/mol. The van der Waals surface area contributed by atoms with Gasteiger partial charge >= 0.3 is 0 Å². The molecule has 3 N–H and O–H groups in total. The van der Waals surface area contributed by atoms with Crippen LogP contribution < -0.4 is 20.4 Å². The number of nitrogens with zero attached hydrogens (tertiary/aromatic N) is 1. The Morgan fingerprint density at radius 2 is 1.75 bits per heavy atom. The lowest BCUT2D eigenvalue weighted by Crippen LogP contribution is -3.11. The number of fused-ring (bicyclic) bond motifs is 1. The third-order valence-corrected chi connectivity index (χ3v) is 4.73. The second kappa shape index (κ2) is 8.22. The van der Waals surface area contributed by atoms with Gasteiger partial charge in [-0.25, -0.2) is 0 Å². The van der Waals surface area contributed by atoms with E-state index < -0.39 is 0 Å². The normalized spacial score (nSPS) is 14.1. The quantitative estimate of drug-likeness (QED) is 0.715. The topological polar surface area (TPSA) is 83.0 Å². The molecule has 0 bridgehead atoms. The van der Waals surface area contributed by atoms with Crippen LogP contribution in [0.2, 0.25) is 0 Å². The van der Waals surface area contributed by atoms with E-state index in [-0.39, 0.29) is 37.4 Å². The highest BCUT2D eigenvalue weighted by atomic mass is 16.2. The Morgan fingerprint density at radius 3 is 2.46 bits per heavy atom. The Morgan fingerprint density at radius 1 is 1.07 bits per heavy atom. The summed E-state index contributed by atoms with van der Waals surface area (Å²) in [5, 5.41) is 5.70. The first kappa shape index (κ1) is 19.6. The summed E-state index contributed by atoms with van der Waals surface area (Å²) in [6.07, 6.45) is 0. The van der Waals surface area contributed by atoms with Crippen LogP contribution in [-0.4, -0.2) is 44.4 Å². The van der Waals surface area contributed by atoms with E-state index in [0.29, 0.717) is 11.4 Å². The maximum absolute atomic E-state index is 12.8. The molecule has 3 amide bonds. The summed E-state index contributed by atoms with van der Waals surface area (Å²) in [7, 11) is 1.79. The number of carbonyl (C=O) groups excluding carboxylic acids is 3. The van der Waals surface area contributed by atoms with Gasteiger partial charge in [-0.2, -0.15) is 0 Å². The number of hydrogen-bond acceptors (Lipinski definition) is 3. The minimum Gasteiger partial charge on any atom is -0.323 e. The summed E-state index contributed by atoms with van der Waals surface area (Å²) in [5.74, 6) is -0.573. The zero-order chi connectivity index (χ0) is 20.3. The van der Waals surface area contributed by atoms with Crippen molar-refractivity contribution in [3.05, 3.63) is 53.6 Å². The second-order valence-corrected chi connectivity index (χ2v) is 7.17. The first-order chi connectivity index (χ1) is 13.3. The number of likely N-dealkylation sites (N-methyl/N-ethyl adjacent to an activating group) is 1. The van der Waals surface area contributed by atoms with E-state index in [1.807, 2.05) is 44.2 Å². The van der Waals surface area contributed by atoms with Crippen molar-refractivity contribution < 1.29 is 19.3 Å². The van der Waals surface area contributed by atoms with Gasteiger partial charge in [0.1, 0.15) is 6.54 Å². The molecule has 2 aromatic rings. The molecule has 0 saturated carbocycles. The number of aryl methyl sites for hydroxylation is 2. The number of rotatable bonds is 5. The lowest BCUT2D eigenvalue weighted by molar-refractivity contribution is -0.862. The summed E-state index contributed by atoms with van der Waals surface area (Å²) >= 11 is 0. The highest BCUT2D eigenvalue weighted by Crippen LogP contribution is 2.28. The second-order valence-electron chi connectivity index (χ2n) is 7.17. The molecule has 146 valence electrons. The van der Waals surface area contributed by atoms with E-state index in [4.69, 9.17) is 0 Å². The van der Waals surface area contributed by atoms with Gasteiger partial charge in [0.15, 0.2) is 13.1 Å². The van der Waals surface area contributed by atoms with E-state index in [1.54, 1.807) is 19.2 Å². The maximum Gasteiger partial charge on any atom is 0.282 e. The van der Waals surface area contributed by atoms with Gasteiger partial charge < -0.3 is 15.5 Å². The molecule has 0 aliphatic carbocycles. The van der Waals surface area contributed by atoms with E-state index in [2.05, 4.69) is 10.6 Å². The number of anilines is 3. The molecule has 0 radical (unpaired) electrons. The maximum atomic E-state index is 12.8. The summed E-state index contributed by atoms with van der Waals surface area (Å²) in [6.45, 7) is 4.14. The van der Waals surface area contributed by atoms with E-state index in [9.17, 15) is 14.4 Å². The average molecular weight is 381 g/mol. The van der Waals surface area contributed by atoms with Crippen molar-refractivity contribution in [2.24, 2.45) is 0 Å². The number of para-hydroxylation sites is 3. The van der Waals surface area contributed by atoms with Gasteiger partial charge in [-0.3, -0.25) is 19.3 Å². The number of benzene rings is 2. The van der Waals surface area contributed by atoms with Crippen LogP contribution in [0.1, 0.15) is 11.1 Å². The minimum atomic E-state index is -0.225. The zero-order valence-corrected chi connectivity index (χ0v) is 16.3. The van der Waals surface area contributed by atoms with E-state index in [1.165, 1.54) is 4.90 Å². The predicted molar refractivity (Wildman–Crippen MR) is 109 cm³/mol. The summed E-state index contributed by atoms with van der Waals surface area (Å²) in [6, 6.07) is 13.0. The molecule has 1 unspecified atom stereocenters. The van der Waals surface area contributed by atoms with Crippen molar-refractivity contribution in [2.45, 2.75) is 13.8 Å². The highest BCUT2D eigenvalue weighted by molar-refractivity contribution is 6.10. The number of amides is 3. The first-order valence-electron chi connectivity index (χ1n) is 9.21. The lowest BCUT2D eigenvalue weighted by atomic mass is 10.1. The molecule has 1 aliphatic rings. The van der Waals surface area contributed by atoms with Gasteiger partial charge in [0.2, 0.25) is 5.91 Å². The summed E-state index contributed by atoms with van der Waals surface area (Å²) in [5.41, 5.74) is 4.11. The molecule has 0 spiro atoms. The molecule has 0 fully saturated rings. The van der Waals surface area contributed by atoms with Crippen LogP contribution in [0.3, 0.4) is 0 Å². The number of quaternary nitrogens is 1. The van der Waals surface area contributed by atoms with E-state index >= 15 is 0 Å². The van der Waals surface area contributed by atoms with Crippen molar-refractivity contribution in [1.29, 1.82) is 0 Å². The van der Waals surface area contributed by atoms with Crippen LogP contribution in [0.25, 0.3) is 0 Å². The average Bonchev–Trinajstić information content (AvgIpc) is 2.64. The van der Waals surface area contributed by atoms with Crippen LogP contribution in [0.5, 0.6) is 0 Å². The highest BCUT2D eigenvalue weighted by Gasteiger charge is 2.28. The van der Waals surface area contributed by atoms with Crippen LogP contribution in [0, 0.1) is 13.8 Å². The van der Waals surface area contributed by atoms with Crippen LogP contribution in [0.15, 0.2) is 42.5 Å². The Labute approximate surface area is 164 Å². The van der Waals surface area contributed by atoms with Gasteiger partial charge in [0, 0.05) is 5.69 Å². The standard InChI is InChI=1S/C21H24N4O3/c1-14-7-6-8-15(2)21(14)23-18(26)11-24(3)13-20(28)25-12-19(27)22-16-9-4-5-10-17(16)25/h4-10H,11-13H2,1-3H3,(H,22,27)(H,23,26)/p+1. The fourth-order valence-corrected chi connectivity index (χ4v) is 3.34. The monoisotopic (exact) mass is 381 g/mol. The van der Waals surface area contributed by atoms with Crippen molar-refractivity contribution in [1.82, 2.24) is 0 Å². The Hall–Kier alpha value is -3.19. The van der Waals surface area contributed by atoms with Crippen LogP contribution in [0.4, 0.5) is 17.1 Å². The Kier molecular flexibility index (Phi) is 5.75. The molecule has 3 rings (SSSR count). The van der Waals surface area contributed by atoms with Crippen LogP contribution in [-0.2, 0) is 14.4 Å². The Balaban J connectivity index is 1.62. The molecular formula is C21H25N4O3+. The molecule has 1 atom stereocenters. The van der Waals surface area contributed by atoms with Gasteiger partial charge in [0.25, 0.3) is 11.8 Å². The molecule has 28 heavy (non-hydrogen) atoms. The minimum absolute atomic E-state index is 0.0161. The van der Waals surface area contributed by atoms with Crippen molar-refractivity contribution >= 4 is 34.8 Å². The van der Waals surface area contributed by atoms with Crippen molar-refractivity contribution in [3.63, 3.8) is 0 Å². The molecule has 0 saturated heterocycles. The van der Waals surface area contributed by atoms with Gasteiger partial charge in [0.05, 0.1) is 18.4 Å². The number of carbonyl (C=O) groups is 3. The Bertz CT molecular complexity index is 905. The molecule has 2 aromatic carbocycles. The SMILES string of the molecule is Cc1cccc(C)c1NC(=O)C[NH+](C)CC(=O)N1CC(=O)Nc2ccccc21. The molecule has 0 aromatic heterocycles. The number of hydrogen-bond donors (Lipinski definition) is 3. The molecule has 7 heteroatoms. The van der Waals surface area contributed by atoms with Crippen molar-refractivity contribution in [2.75, 3.05) is 42.2 Å². The van der Waals surface area contributed by atoms with Gasteiger partial charge in [-0.1, -0.05) is 30.3 Å². The fourth-order valence-electron chi connectivity index (χ4n) is 3.34. The van der Waals surface area contributed by atoms with Gasteiger partial charge in [-0.05, 0) is 37.1 Å². The van der Waals surface area contributed by atoms with Crippen molar-refractivity contribution in [3.8, 4) is 0 Å². The summed E-state index contributed by atoms with van der Waals surface area (Å²) < 4.78 is 0. The third-order valence-electron chi connectivity index (χ3n) is 4.73. The molecule has 7 nitrogen and oxygen atoms in total. The van der Waals surface area contributed by atoms with E-state index in [0.717, 1.165) is 21.7 Å². The largest absolute Gasteiger partial charge is 0.323 e. The predicted octanol–water partition coefficient (Wildman–Crippen LogP) is 0.742. The smallest absolute Gasteiger partial charge is 0.282 e. The zero-order valence-electron chi connectivity index (χ0n) is 16.3.